The van der Waals surface area contributed by atoms with Crippen molar-refractivity contribution in [1.82, 2.24) is 19.9 Å². The highest BCUT2D eigenvalue weighted by atomic mass is 35.5. The van der Waals surface area contributed by atoms with Crippen LogP contribution in [0.3, 0.4) is 0 Å². The summed E-state index contributed by atoms with van der Waals surface area (Å²) in [6.45, 7) is 3.24. The molecule has 1 fully saturated rings. The van der Waals surface area contributed by atoms with E-state index in [0.29, 0.717) is 36.2 Å². The molecule has 0 spiro atoms. The number of hydrogen-bond donors (Lipinski definition) is 0. The fourth-order valence-corrected chi connectivity index (χ4v) is 5.03. The number of carbonyl (C=O) groups excluding carboxylic acids is 2. The van der Waals surface area contributed by atoms with E-state index < -0.39 is 0 Å². The molecule has 0 unspecified atom stereocenters. The van der Waals surface area contributed by atoms with Crippen LogP contribution in [0.15, 0.2) is 59.1 Å². The predicted molar refractivity (Wildman–Crippen MR) is 148 cm³/mol. The van der Waals surface area contributed by atoms with Crippen LogP contribution in [0, 0.1) is 0 Å². The number of unbranched alkanes of at least 4 members (excludes halogenated alkanes) is 4. The van der Waals surface area contributed by atoms with Crippen molar-refractivity contribution in [3.8, 4) is 11.4 Å². The van der Waals surface area contributed by atoms with E-state index >= 15 is 0 Å². The smallest absolute Gasteiger partial charge is 0.249 e. The maximum atomic E-state index is 13.6. The van der Waals surface area contributed by atoms with E-state index in [4.69, 9.17) is 16.1 Å². The molecule has 4 rings (SSSR count). The van der Waals surface area contributed by atoms with Crippen LogP contribution in [0.2, 0.25) is 5.02 Å². The molecule has 1 aromatic heterocycles. The molecule has 0 aliphatic carbocycles. The number of rotatable bonds is 12. The summed E-state index contributed by atoms with van der Waals surface area (Å²) in [7, 11) is 0. The average molecular weight is 537 g/mol. The van der Waals surface area contributed by atoms with Gasteiger partial charge in [-0.1, -0.05) is 79.7 Å². The van der Waals surface area contributed by atoms with Crippen LogP contribution in [0.4, 0.5) is 0 Å². The van der Waals surface area contributed by atoms with Gasteiger partial charge in [0, 0.05) is 30.1 Å². The first-order chi connectivity index (χ1) is 18.5. The molecule has 1 aliphatic heterocycles. The summed E-state index contributed by atoms with van der Waals surface area (Å²) in [4.78, 5) is 35.0. The number of carbonyl (C=O) groups is 2. The van der Waals surface area contributed by atoms with Gasteiger partial charge in [-0.25, -0.2) is 0 Å². The highest BCUT2D eigenvalue weighted by Crippen LogP contribution is 2.31. The summed E-state index contributed by atoms with van der Waals surface area (Å²) >= 11 is 6.01. The third kappa shape index (κ3) is 7.67. The Kier molecular flexibility index (Phi) is 10.3. The van der Waals surface area contributed by atoms with E-state index in [9.17, 15) is 9.59 Å². The SMILES string of the molecule is CCCCCCCC(=O)N(CC(=O)N1CCCC[C@H]1c1nc(-c2ccc(Cl)cc2)no1)Cc1ccccc1. The molecule has 0 bridgehead atoms. The number of hydrogen-bond acceptors (Lipinski definition) is 5. The maximum Gasteiger partial charge on any atom is 0.249 e. The van der Waals surface area contributed by atoms with Gasteiger partial charge >= 0.3 is 0 Å². The zero-order valence-electron chi connectivity index (χ0n) is 22.2. The number of nitrogens with zero attached hydrogens (tertiary/aromatic N) is 4. The van der Waals surface area contributed by atoms with Gasteiger partial charge in [0.25, 0.3) is 0 Å². The summed E-state index contributed by atoms with van der Waals surface area (Å²) in [5.74, 6) is 0.838. The van der Waals surface area contributed by atoms with Gasteiger partial charge in [0.05, 0.1) is 0 Å². The fraction of sp³-hybridized carbons (Fsp3) is 0.467. The Hall–Kier alpha value is -3.19. The van der Waals surface area contributed by atoms with E-state index in [0.717, 1.165) is 49.7 Å². The lowest BCUT2D eigenvalue weighted by Crippen LogP contribution is -2.45. The second kappa shape index (κ2) is 14.1. The van der Waals surface area contributed by atoms with Gasteiger partial charge in [-0.3, -0.25) is 9.59 Å². The van der Waals surface area contributed by atoms with Crippen LogP contribution in [-0.4, -0.2) is 44.8 Å². The first-order valence-electron chi connectivity index (χ1n) is 13.8. The Bertz CT molecular complexity index is 1170. The molecule has 3 aromatic rings. The Morgan fingerprint density at radius 1 is 1.03 bits per heavy atom. The van der Waals surface area contributed by atoms with E-state index in [1.807, 2.05) is 47.4 Å². The number of piperidine rings is 1. The second-order valence-electron chi connectivity index (χ2n) is 9.96. The van der Waals surface area contributed by atoms with Crippen molar-refractivity contribution in [2.24, 2.45) is 0 Å². The molecular formula is C30H37ClN4O3. The van der Waals surface area contributed by atoms with Crippen molar-refractivity contribution in [3.63, 3.8) is 0 Å². The van der Waals surface area contributed by atoms with Crippen LogP contribution >= 0.6 is 11.6 Å². The minimum Gasteiger partial charge on any atom is -0.337 e. The summed E-state index contributed by atoms with van der Waals surface area (Å²) in [5.41, 5.74) is 1.82. The number of amides is 2. The Balaban J connectivity index is 1.46. The van der Waals surface area contributed by atoms with Crippen molar-refractivity contribution in [2.45, 2.75) is 77.3 Å². The molecule has 202 valence electrons. The third-order valence-electron chi connectivity index (χ3n) is 7.04. The van der Waals surface area contributed by atoms with Crippen LogP contribution in [0.25, 0.3) is 11.4 Å². The van der Waals surface area contributed by atoms with Gasteiger partial charge in [-0.05, 0) is 55.5 Å². The molecule has 0 N–H and O–H groups in total. The Morgan fingerprint density at radius 2 is 1.79 bits per heavy atom. The molecular weight excluding hydrogens is 500 g/mol. The monoisotopic (exact) mass is 536 g/mol. The molecule has 0 saturated carbocycles. The van der Waals surface area contributed by atoms with Crippen molar-refractivity contribution < 1.29 is 14.1 Å². The number of halogens is 1. The standard InChI is InChI=1S/C30H37ClN4O3/c1-2-3-4-5-9-15-27(36)34(21-23-12-7-6-8-13-23)22-28(37)35-20-11-10-14-26(35)30-32-29(33-38-30)24-16-18-25(31)19-17-24/h6-8,12-13,16-19,26H,2-5,9-11,14-15,20-22H2,1H3/t26-/m0/s1. The quantitative estimate of drug-likeness (QED) is 0.237. The molecule has 7 nitrogen and oxygen atoms in total. The molecule has 1 aliphatic rings. The van der Waals surface area contributed by atoms with Gasteiger partial charge < -0.3 is 14.3 Å². The molecule has 0 radical (unpaired) electrons. The predicted octanol–water partition coefficient (Wildman–Crippen LogP) is 6.83. The van der Waals surface area contributed by atoms with Crippen LogP contribution in [-0.2, 0) is 16.1 Å². The summed E-state index contributed by atoms with van der Waals surface area (Å²) in [5, 5.41) is 4.79. The molecule has 2 heterocycles. The van der Waals surface area contributed by atoms with Crippen molar-refractivity contribution in [3.05, 3.63) is 71.1 Å². The van der Waals surface area contributed by atoms with E-state index in [2.05, 4.69) is 17.1 Å². The normalized spacial score (nSPS) is 15.4. The van der Waals surface area contributed by atoms with Crippen molar-refractivity contribution in [1.29, 1.82) is 0 Å². The molecule has 1 saturated heterocycles. The first-order valence-corrected chi connectivity index (χ1v) is 14.1. The average Bonchev–Trinajstić information content (AvgIpc) is 3.43. The number of benzene rings is 2. The lowest BCUT2D eigenvalue weighted by Gasteiger charge is -2.35. The van der Waals surface area contributed by atoms with Crippen LogP contribution < -0.4 is 0 Å². The third-order valence-corrected chi connectivity index (χ3v) is 7.29. The van der Waals surface area contributed by atoms with Gasteiger partial charge in [-0.2, -0.15) is 4.98 Å². The molecule has 8 heteroatoms. The number of likely N-dealkylation sites (tertiary alicyclic amines) is 1. The van der Waals surface area contributed by atoms with Gasteiger partial charge in [0.1, 0.15) is 12.6 Å². The highest BCUT2D eigenvalue weighted by Gasteiger charge is 2.33. The van der Waals surface area contributed by atoms with E-state index in [-0.39, 0.29) is 24.4 Å². The maximum absolute atomic E-state index is 13.6. The molecule has 2 amide bonds. The van der Waals surface area contributed by atoms with E-state index in [1.165, 1.54) is 12.8 Å². The van der Waals surface area contributed by atoms with Crippen LogP contribution in [0.5, 0.6) is 0 Å². The molecule has 2 aromatic carbocycles. The van der Waals surface area contributed by atoms with Gasteiger partial charge in [0.2, 0.25) is 23.5 Å². The van der Waals surface area contributed by atoms with Gasteiger partial charge in [0.15, 0.2) is 0 Å². The van der Waals surface area contributed by atoms with Crippen molar-refractivity contribution >= 4 is 23.4 Å². The zero-order valence-corrected chi connectivity index (χ0v) is 22.9. The Morgan fingerprint density at radius 3 is 2.55 bits per heavy atom. The lowest BCUT2D eigenvalue weighted by molar-refractivity contribution is -0.143. The lowest BCUT2D eigenvalue weighted by atomic mass is 10.0. The highest BCUT2D eigenvalue weighted by molar-refractivity contribution is 6.30. The first kappa shape index (κ1) is 27.8. The number of aromatic nitrogens is 2. The van der Waals surface area contributed by atoms with Gasteiger partial charge in [-0.15, -0.1) is 0 Å². The fourth-order valence-electron chi connectivity index (χ4n) is 4.90. The molecule has 1 atom stereocenters. The second-order valence-corrected chi connectivity index (χ2v) is 10.4. The van der Waals surface area contributed by atoms with Crippen molar-refractivity contribution in [2.75, 3.05) is 13.1 Å². The van der Waals surface area contributed by atoms with E-state index in [1.54, 1.807) is 17.0 Å². The summed E-state index contributed by atoms with van der Waals surface area (Å²) in [6, 6.07) is 16.8. The minimum absolute atomic E-state index is 0.0232. The summed E-state index contributed by atoms with van der Waals surface area (Å²) in [6.07, 6.45) is 8.46. The van der Waals surface area contributed by atoms with Crippen LogP contribution in [0.1, 0.15) is 82.2 Å². The zero-order chi connectivity index (χ0) is 26.7. The Labute approximate surface area is 230 Å². The molecule has 38 heavy (non-hydrogen) atoms. The largest absolute Gasteiger partial charge is 0.337 e. The topological polar surface area (TPSA) is 79.5 Å². The summed E-state index contributed by atoms with van der Waals surface area (Å²) < 4.78 is 5.63. The minimum atomic E-state index is -0.299.